The van der Waals surface area contributed by atoms with Gasteiger partial charge in [-0.15, -0.1) is 0 Å². The summed E-state index contributed by atoms with van der Waals surface area (Å²) >= 11 is 4.47. The number of aromatic nitrogens is 2. The number of nitrogens with zero attached hydrogens (tertiary/aromatic N) is 1. The topological polar surface area (TPSA) is 108 Å². The first-order valence-electron chi connectivity index (χ1n) is 5.64. The summed E-state index contributed by atoms with van der Waals surface area (Å²) in [6.45, 7) is -3.12. The molecule has 1 aliphatic heterocycles. The average Bonchev–Trinajstić information content (AvgIpc) is 2.66. The number of nitrogens with one attached hydrogen (secondary N) is 1. The van der Waals surface area contributed by atoms with Gasteiger partial charge in [0.2, 0.25) is 0 Å². The molecule has 1 aromatic heterocycles. The summed E-state index contributed by atoms with van der Waals surface area (Å²) in [6.07, 6.45) is -4.13. The van der Waals surface area contributed by atoms with E-state index in [1.165, 1.54) is 0 Å². The molecule has 0 aromatic carbocycles. The Morgan fingerprint density at radius 1 is 1.57 bits per heavy atom. The molecule has 0 radical (unpaired) electrons. The zero-order chi connectivity index (χ0) is 16.0. The summed E-state index contributed by atoms with van der Waals surface area (Å²) < 4.78 is 44.9. The van der Waals surface area contributed by atoms with Gasteiger partial charge in [0.1, 0.15) is 17.9 Å². The summed E-state index contributed by atoms with van der Waals surface area (Å²) in [4.78, 5) is 13.6. The summed E-state index contributed by atoms with van der Waals surface area (Å²) in [7, 11) is 0. The normalized spacial score (nSPS) is 36.1. The van der Waals surface area contributed by atoms with Crippen molar-refractivity contribution in [1.82, 2.24) is 9.55 Å². The van der Waals surface area contributed by atoms with E-state index < -0.39 is 53.2 Å². The fourth-order valence-electron chi connectivity index (χ4n) is 2.06. The van der Waals surface area contributed by atoms with Crippen molar-refractivity contribution in [1.29, 1.82) is 0 Å². The van der Waals surface area contributed by atoms with E-state index in [2.05, 4.69) is 17.0 Å². The van der Waals surface area contributed by atoms with E-state index in [9.17, 15) is 28.2 Å². The molecule has 11 heteroatoms. The number of halogens is 3. The van der Waals surface area contributed by atoms with Crippen molar-refractivity contribution in [2.24, 2.45) is 0 Å². The maximum Gasteiger partial charge on any atom is 0.328 e. The van der Waals surface area contributed by atoms with Crippen molar-refractivity contribution in [3.05, 3.63) is 27.1 Å². The predicted octanol–water partition coefficient (Wildman–Crippen LogP) is -0.707. The minimum Gasteiger partial charge on any atom is -0.390 e. The van der Waals surface area contributed by atoms with Gasteiger partial charge in [-0.2, -0.15) is 0 Å². The molecule has 118 valence electrons. The van der Waals surface area contributed by atoms with Crippen LogP contribution in [0.5, 0.6) is 0 Å². The fraction of sp³-hybridized carbons (Fsp3) is 0.600. The molecule has 1 saturated heterocycles. The maximum absolute atomic E-state index is 14.1. The third-order valence-electron chi connectivity index (χ3n) is 3.22. The lowest BCUT2D eigenvalue weighted by atomic mass is 9.94. The average molecular weight is 328 g/mol. The molecule has 1 unspecified atom stereocenters. The van der Waals surface area contributed by atoms with Gasteiger partial charge in [-0.05, 0) is 0 Å². The summed E-state index contributed by atoms with van der Waals surface area (Å²) in [5.41, 5.74) is -4.02. The standard InChI is InChI=1S/C10H11F3N2O5S/c11-2-9(19)6(17)10(13,3-16)20-7(9)15-1-4(12)5(21)14-8(15)18/h1,6-7,16-17,19H,2-3H2,(H,14,18,21)/t6-,7-,9?,10-/m1/s1. The molecule has 1 fully saturated rings. The molecule has 2 rings (SSSR count). The van der Waals surface area contributed by atoms with E-state index in [0.29, 0.717) is 10.8 Å². The second-order valence-electron chi connectivity index (χ2n) is 4.59. The number of hydrogen-bond donors (Lipinski definition) is 4. The Labute approximate surface area is 120 Å². The number of H-pyrrole nitrogens is 1. The number of aliphatic hydroxyl groups is 3. The summed E-state index contributed by atoms with van der Waals surface area (Å²) in [6, 6.07) is 0. The Bertz CT molecular complexity index is 667. The van der Waals surface area contributed by atoms with Gasteiger partial charge in [0.05, 0.1) is 6.20 Å². The lowest BCUT2D eigenvalue weighted by Gasteiger charge is -2.28. The van der Waals surface area contributed by atoms with E-state index in [1.54, 1.807) is 0 Å². The van der Waals surface area contributed by atoms with E-state index >= 15 is 0 Å². The second kappa shape index (κ2) is 5.18. The molecular weight excluding hydrogens is 317 g/mol. The molecule has 0 spiro atoms. The minimum atomic E-state index is -3.21. The number of hydrogen-bond acceptors (Lipinski definition) is 6. The Kier molecular flexibility index (Phi) is 3.97. The highest BCUT2D eigenvalue weighted by molar-refractivity contribution is 7.71. The van der Waals surface area contributed by atoms with Crippen LogP contribution in [-0.2, 0) is 4.74 Å². The molecule has 0 bridgehead atoms. The monoisotopic (exact) mass is 328 g/mol. The number of aliphatic hydroxyl groups excluding tert-OH is 2. The maximum atomic E-state index is 14.1. The van der Waals surface area contributed by atoms with Gasteiger partial charge >= 0.3 is 5.69 Å². The summed E-state index contributed by atoms with van der Waals surface area (Å²) in [5.74, 6) is -4.32. The van der Waals surface area contributed by atoms with Crippen LogP contribution >= 0.6 is 12.2 Å². The van der Waals surface area contributed by atoms with E-state index in [0.717, 1.165) is 0 Å². The van der Waals surface area contributed by atoms with Crippen molar-refractivity contribution < 1.29 is 33.2 Å². The van der Waals surface area contributed by atoms with Crippen molar-refractivity contribution in [3.8, 4) is 0 Å². The minimum absolute atomic E-state index is 0.310. The molecule has 1 aromatic rings. The molecule has 0 amide bonds. The van der Waals surface area contributed by atoms with Crippen LogP contribution in [0.2, 0.25) is 0 Å². The van der Waals surface area contributed by atoms with E-state index in [1.807, 2.05) is 4.98 Å². The number of aromatic amines is 1. The van der Waals surface area contributed by atoms with Gasteiger partial charge in [-0.1, -0.05) is 12.2 Å². The van der Waals surface area contributed by atoms with Gasteiger partial charge in [0, 0.05) is 0 Å². The second-order valence-corrected chi connectivity index (χ2v) is 4.99. The highest BCUT2D eigenvalue weighted by atomic mass is 32.1. The quantitative estimate of drug-likeness (QED) is 0.546. The van der Waals surface area contributed by atoms with Gasteiger partial charge in [0.15, 0.2) is 23.8 Å². The zero-order valence-corrected chi connectivity index (χ0v) is 11.1. The highest BCUT2D eigenvalue weighted by Crippen LogP contribution is 2.44. The number of rotatable bonds is 3. The van der Waals surface area contributed by atoms with Gasteiger partial charge in [-0.3, -0.25) is 9.55 Å². The van der Waals surface area contributed by atoms with Gasteiger partial charge < -0.3 is 20.1 Å². The van der Waals surface area contributed by atoms with Gasteiger partial charge in [0.25, 0.3) is 5.85 Å². The van der Waals surface area contributed by atoms with E-state index in [4.69, 9.17) is 5.11 Å². The van der Waals surface area contributed by atoms with Crippen LogP contribution in [-0.4, -0.2) is 55.7 Å². The highest BCUT2D eigenvalue weighted by Gasteiger charge is 2.65. The number of alkyl halides is 2. The van der Waals surface area contributed by atoms with Crippen LogP contribution in [0.4, 0.5) is 13.2 Å². The SMILES string of the molecule is O=c1[nH]c(=S)c(F)cn1[C@@H]1O[C@](F)(CO)[C@H](O)C1(O)CF. The predicted molar refractivity (Wildman–Crippen MR) is 63.8 cm³/mol. The third-order valence-corrected chi connectivity index (χ3v) is 3.52. The first kappa shape index (κ1) is 16.1. The van der Waals surface area contributed by atoms with Crippen molar-refractivity contribution >= 4 is 12.2 Å². The van der Waals surface area contributed by atoms with Crippen LogP contribution in [0.1, 0.15) is 6.23 Å². The Balaban J connectivity index is 2.60. The summed E-state index contributed by atoms with van der Waals surface area (Å²) in [5, 5.41) is 28.5. The Morgan fingerprint density at radius 2 is 2.19 bits per heavy atom. The van der Waals surface area contributed by atoms with E-state index in [-0.39, 0.29) is 0 Å². The fourth-order valence-corrected chi connectivity index (χ4v) is 2.20. The molecule has 4 atom stereocenters. The smallest absolute Gasteiger partial charge is 0.328 e. The van der Waals surface area contributed by atoms with Crippen LogP contribution < -0.4 is 5.69 Å². The molecular formula is C10H11F3N2O5S. The molecule has 4 N–H and O–H groups in total. The molecule has 7 nitrogen and oxygen atoms in total. The molecule has 2 heterocycles. The van der Waals surface area contributed by atoms with Crippen LogP contribution in [0, 0.1) is 10.5 Å². The zero-order valence-electron chi connectivity index (χ0n) is 10.3. The largest absolute Gasteiger partial charge is 0.390 e. The van der Waals surface area contributed by atoms with Crippen molar-refractivity contribution in [2.45, 2.75) is 23.8 Å². The first-order chi connectivity index (χ1) is 9.69. The number of ether oxygens (including phenoxy) is 1. The lowest BCUT2D eigenvalue weighted by Crippen LogP contribution is -2.53. The first-order valence-corrected chi connectivity index (χ1v) is 6.05. The van der Waals surface area contributed by atoms with Crippen molar-refractivity contribution in [3.63, 3.8) is 0 Å². The molecule has 0 saturated carbocycles. The van der Waals surface area contributed by atoms with Gasteiger partial charge in [-0.25, -0.2) is 18.0 Å². The Hall–Kier alpha value is -1.27. The Morgan fingerprint density at radius 3 is 2.71 bits per heavy atom. The third kappa shape index (κ3) is 2.30. The molecule has 1 aliphatic rings. The van der Waals surface area contributed by atoms with Crippen LogP contribution in [0.3, 0.4) is 0 Å². The van der Waals surface area contributed by atoms with Crippen LogP contribution in [0.25, 0.3) is 0 Å². The van der Waals surface area contributed by atoms with Crippen LogP contribution in [0.15, 0.2) is 11.0 Å². The van der Waals surface area contributed by atoms with Crippen molar-refractivity contribution in [2.75, 3.05) is 13.3 Å². The lowest BCUT2D eigenvalue weighted by molar-refractivity contribution is -0.207. The molecule has 0 aliphatic carbocycles. The molecule has 21 heavy (non-hydrogen) atoms.